The first kappa shape index (κ1) is 13.4. The Bertz CT molecular complexity index is 507. The highest BCUT2D eigenvalue weighted by atomic mass is 16.5. The van der Waals surface area contributed by atoms with Gasteiger partial charge in [0.1, 0.15) is 5.75 Å². The molecule has 1 aromatic rings. The number of ether oxygens (including phenoxy) is 1. The summed E-state index contributed by atoms with van der Waals surface area (Å²) < 4.78 is 5.86. The van der Waals surface area contributed by atoms with Crippen molar-refractivity contribution in [1.82, 2.24) is 5.32 Å². The Kier molecular flexibility index (Phi) is 3.66. The van der Waals surface area contributed by atoms with Crippen LogP contribution in [0.15, 0.2) is 18.2 Å². The zero-order chi connectivity index (χ0) is 14.1. The van der Waals surface area contributed by atoms with E-state index >= 15 is 0 Å². The number of benzene rings is 1. The average molecular weight is 274 g/mol. The van der Waals surface area contributed by atoms with Gasteiger partial charge in [-0.3, -0.25) is 4.79 Å². The summed E-state index contributed by atoms with van der Waals surface area (Å²) in [6.45, 7) is 5.78. The van der Waals surface area contributed by atoms with Crippen LogP contribution in [0.4, 0.5) is 5.69 Å². The van der Waals surface area contributed by atoms with Gasteiger partial charge in [0, 0.05) is 12.1 Å². The Balaban J connectivity index is 1.84. The molecule has 1 atom stereocenters. The Morgan fingerprint density at radius 3 is 3.00 bits per heavy atom. The van der Waals surface area contributed by atoms with Gasteiger partial charge >= 0.3 is 0 Å². The smallest absolute Gasteiger partial charge is 0.244 e. The van der Waals surface area contributed by atoms with Gasteiger partial charge in [0.25, 0.3) is 0 Å². The van der Waals surface area contributed by atoms with Gasteiger partial charge in [-0.25, -0.2) is 0 Å². The largest absolute Gasteiger partial charge is 0.491 e. The first-order valence-electron chi connectivity index (χ1n) is 7.50. The predicted octanol–water partition coefficient (Wildman–Crippen LogP) is 2.11. The zero-order valence-corrected chi connectivity index (χ0v) is 12.2. The van der Waals surface area contributed by atoms with E-state index in [1.165, 1.54) is 5.56 Å². The summed E-state index contributed by atoms with van der Waals surface area (Å²) in [5.41, 5.74) is 2.20. The molecule has 0 bridgehead atoms. The average Bonchev–Trinajstić information content (AvgIpc) is 3.07. The van der Waals surface area contributed by atoms with Crippen LogP contribution in [-0.4, -0.2) is 31.1 Å². The molecule has 20 heavy (non-hydrogen) atoms. The van der Waals surface area contributed by atoms with Gasteiger partial charge in [-0.2, -0.15) is 0 Å². The van der Waals surface area contributed by atoms with Gasteiger partial charge in [-0.15, -0.1) is 0 Å². The van der Waals surface area contributed by atoms with Crippen molar-refractivity contribution >= 4 is 11.6 Å². The van der Waals surface area contributed by atoms with Crippen LogP contribution >= 0.6 is 0 Å². The molecular weight excluding hydrogens is 252 g/mol. The first-order chi connectivity index (χ1) is 9.66. The summed E-state index contributed by atoms with van der Waals surface area (Å²) >= 11 is 0. The van der Waals surface area contributed by atoms with Crippen LogP contribution in [0.3, 0.4) is 0 Å². The zero-order valence-electron chi connectivity index (χ0n) is 12.2. The lowest BCUT2D eigenvalue weighted by Crippen LogP contribution is -2.42. The number of carbonyl (C=O) groups is 1. The summed E-state index contributed by atoms with van der Waals surface area (Å²) in [4.78, 5) is 14.5. The van der Waals surface area contributed by atoms with E-state index in [1.54, 1.807) is 0 Å². The molecule has 0 radical (unpaired) electrons. The second-order valence-electron chi connectivity index (χ2n) is 5.81. The van der Waals surface area contributed by atoms with Crippen LogP contribution in [0.25, 0.3) is 0 Å². The highest BCUT2D eigenvalue weighted by Crippen LogP contribution is 2.36. The van der Waals surface area contributed by atoms with Crippen LogP contribution in [0.5, 0.6) is 5.75 Å². The van der Waals surface area contributed by atoms with Crippen LogP contribution in [0, 0.1) is 0 Å². The maximum absolute atomic E-state index is 12.6. The molecule has 3 rings (SSSR count). The van der Waals surface area contributed by atoms with E-state index < -0.39 is 0 Å². The highest BCUT2D eigenvalue weighted by Gasteiger charge is 2.32. The van der Waals surface area contributed by atoms with Crippen LogP contribution < -0.4 is 15.0 Å². The number of hydrogen-bond acceptors (Lipinski definition) is 3. The van der Waals surface area contributed by atoms with Crippen molar-refractivity contribution in [3.05, 3.63) is 23.8 Å². The minimum atomic E-state index is -0.00405. The van der Waals surface area contributed by atoms with E-state index in [0.717, 1.165) is 43.8 Å². The van der Waals surface area contributed by atoms with E-state index in [2.05, 4.69) is 5.32 Å². The van der Waals surface area contributed by atoms with Gasteiger partial charge in [0.15, 0.2) is 0 Å². The second kappa shape index (κ2) is 5.44. The third-order valence-corrected chi connectivity index (χ3v) is 3.97. The van der Waals surface area contributed by atoms with Gasteiger partial charge in [-0.1, -0.05) is 6.07 Å². The quantitative estimate of drug-likeness (QED) is 0.918. The molecule has 1 aromatic carbocycles. The molecule has 1 amide bonds. The topological polar surface area (TPSA) is 41.6 Å². The van der Waals surface area contributed by atoms with Crippen molar-refractivity contribution in [1.29, 1.82) is 0 Å². The van der Waals surface area contributed by atoms with Crippen molar-refractivity contribution in [2.24, 2.45) is 0 Å². The molecule has 1 fully saturated rings. The summed E-state index contributed by atoms with van der Waals surface area (Å²) in [7, 11) is 0. The number of rotatable bonds is 3. The van der Waals surface area contributed by atoms with Crippen LogP contribution in [-0.2, 0) is 11.2 Å². The fraction of sp³-hybridized carbons (Fsp3) is 0.562. The maximum Gasteiger partial charge on any atom is 0.244 e. The molecular formula is C16H22N2O2. The number of anilines is 1. The Hall–Kier alpha value is -1.55. The standard InChI is InChI=1S/C16H22N2O2/c1-11(2)20-15-7-3-6-14-12(15)8-10-18(14)16(19)13-5-4-9-17-13/h3,6-7,11,13,17H,4-5,8-10H2,1-2H3/t13-/m0/s1. The van der Waals surface area contributed by atoms with Crippen molar-refractivity contribution in [2.45, 2.75) is 45.3 Å². The summed E-state index contributed by atoms with van der Waals surface area (Å²) in [5, 5.41) is 3.29. The first-order valence-corrected chi connectivity index (χ1v) is 7.50. The Morgan fingerprint density at radius 1 is 1.45 bits per heavy atom. The minimum Gasteiger partial charge on any atom is -0.491 e. The lowest BCUT2D eigenvalue weighted by atomic mass is 10.1. The number of nitrogens with one attached hydrogen (secondary N) is 1. The summed E-state index contributed by atoms with van der Waals surface area (Å²) in [6.07, 6.45) is 3.08. The lowest BCUT2D eigenvalue weighted by molar-refractivity contribution is -0.120. The van der Waals surface area contributed by atoms with Crippen molar-refractivity contribution < 1.29 is 9.53 Å². The van der Waals surface area contributed by atoms with E-state index in [1.807, 2.05) is 36.9 Å². The molecule has 0 saturated carbocycles. The normalized spacial score (nSPS) is 21.4. The molecule has 0 aromatic heterocycles. The summed E-state index contributed by atoms with van der Waals surface area (Å²) in [5.74, 6) is 1.13. The maximum atomic E-state index is 12.6. The third-order valence-electron chi connectivity index (χ3n) is 3.97. The fourth-order valence-corrected chi connectivity index (χ4v) is 3.08. The molecule has 2 aliphatic heterocycles. The monoisotopic (exact) mass is 274 g/mol. The SMILES string of the molecule is CC(C)Oc1cccc2c1CCN2C(=O)[C@@H]1CCCN1. The predicted molar refractivity (Wildman–Crippen MR) is 79.3 cm³/mol. The molecule has 1 saturated heterocycles. The third kappa shape index (κ3) is 2.40. The van der Waals surface area contributed by atoms with Crippen molar-refractivity contribution in [2.75, 3.05) is 18.0 Å². The molecule has 1 N–H and O–H groups in total. The lowest BCUT2D eigenvalue weighted by Gasteiger charge is -2.22. The number of amides is 1. The Morgan fingerprint density at radius 2 is 2.30 bits per heavy atom. The second-order valence-corrected chi connectivity index (χ2v) is 5.81. The molecule has 2 heterocycles. The summed E-state index contributed by atoms with van der Waals surface area (Å²) in [6, 6.07) is 6.00. The molecule has 4 nitrogen and oxygen atoms in total. The van der Waals surface area contributed by atoms with Gasteiger partial charge in [0.2, 0.25) is 5.91 Å². The number of fused-ring (bicyclic) bond motifs is 1. The van der Waals surface area contributed by atoms with E-state index in [0.29, 0.717) is 0 Å². The van der Waals surface area contributed by atoms with Crippen LogP contribution in [0.1, 0.15) is 32.3 Å². The van der Waals surface area contributed by atoms with Crippen molar-refractivity contribution in [3.8, 4) is 5.75 Å². The molecule has 0 unspecified atom stereocenters. The Labute approximate surface area is 120 Å². The number of nitrogens with zero attached hydrogens (tertiary/aromatic N) is 1. The number of carbonyl (C=O) groups excluding carboxylic acids is 1. The van der Waals surface area contributed by atoms with E-state index in [4.69, 9.17) is 4.74 Å². The molecule has 2 aliphatic rings. The fourth-order valence-electron chi connectivity index (χ4n) is 3.08. The highest BCUT2D eigenvalue weighted by molar-refractivity contribution is 5.99. The van der Waals surface area contributed by atoms with Gasteiger partial charge in [0.05, 0.1) is 17.8 Å². The molecule has 4 heteroatoms. The van der Waals surface area contributed by atoms with Gasteiger partial charge in [-0.05, 0) is 51.8 Å². The van der Waals surface area contributed by atoms with Crippen molar-refractivity contribution in [3.63, 3.8) is 0 Å². The molecule has 0 spiro atoms. The minimum absolute atomic E-state index is 0.00405. The number of hydrogen-bond donors (Lipinski definition) is 1. The van der Waals surface area contributed by atoms with Crippen LogP contribution in [0.2, 0.25) is 0 Å². The van der Waals surface area contributed by atoms with E-state index in [9.17, 15) is 4.79 Å². The van der Waals surface area contributed by atoms with Gasteiger partial charge < -0.3 is 15.0 Å². The van der Waals surface area contributed by atoms with E-state index in [-0.39, 0.29) is 18.1 Å². The molecule has 108 valence electrons. The molecule has 0 aliphatic carbocycles.